The molecule has 0 spiro atoms. The Balaban J connectivity index is 1.88. The first-order chi connectivity index (χ1) is 10.3. The zero-order valence-corrected chi connectivity index (χ0v) is 12.9. The SMILES string of the molecule is CC(C)(C)OC(=O)N1CCC1COc1cccc([N+](=O)[O-])c1. The van der Waals surface area contributed by atoms with Crippen molar-refractivity contribution in [3.8, 4) is 5.75 Å². The Morgan fingerprint density at radius 2 is 2.18 bits per heavy atom. The molecule has 0 aliphatic carbocycles. The molecule has 2 rings (SSSR count). The number of ether oxygens (including phenoxy) is 2. The van der Waals surface area contributed by atoms with Crippen LogP contribution in [-0.4, -0.2) is 40.7 Å². The minimum atomic E-state index is -0.530. The second kappa shape index (κ2) is 6.21. The van der Waals surface area contributed by atoms with Crippen LogP contribution in [-0.2, 0) is 4.74 Å². The first-order valence-corrected chi connectivity index (χ1v) is 7.13. The number of nitro benzene ring substituents is 1. The van der Waals surface area contributed by atoms with Gasteiger partial charge in [-0.15, -0.1) is 0 Å². The van der Waals surface area contributed by atoms with Crippen molar-refractivity contribution in [3.05, 3.63) is 34.4 Å². The second-order valence-electron chi connectivity index (χ2n) is 6.18. The average Bonchev–Trinajstić information content (AvgIpc) is 2.35. The summed E-state index contributed by atoms with van der Waals surface area (Å²) in [5, 5.41) is 10.7. The predicted octanol–water partition coefficient (Wildman–Crippen LogP) is 2.98. The highest BCUT2D eigenvalue weighted by Gasteiger charge is 2.35. The first kappa shape index (κ1) is 16.1. The van der Waals surface area contributed by atoms with Gasteiger partial charge in [-0.25, -0.2) is 4.79 Å². The zero-order chi connectivity index (χ0) is 16.3. The van der Waals surface area contributed by atoms with Crippen molar-refractivity contribution in [1.29, 1.82) is 0 Å². The van der Waals surface area contributed by atoms with Crippen LogP contribution in [0.4, 0.5) is 10.5 Å². The number of nitro groups is 1. The van der Waals surface area contributed by atoms with E-state index in [9.17, 15) is 14.9 Å². The average molecular weight is 308 g/mol. The lowest BCUT2D eigenvalue weighted by Gasteiger charge is -2.40. The Morgan fingerprint density at radius 1 is 1.45 bits per heavy atom. The first-order valence-electron chi connectivity index (χ1n) is 7.13. The van der Waals surface area contributed by atoms with Gasteiger partial charge in [-0.05, 0) is 33.3 Å². The molecule has 1 aromatic carbocycles. The molecule has 1 saturated heterocycles. The van der Waals surface area contributed by atoms with Gasteiger partial charge in [-0.2, -0.15) is 0 Å². The lowest BCUT2D eigenvalue weighted by atomic mass is 10.1. The maximum Gasteiger partial charge on any atom is 0.410 e. The molecule has 7 heteroatoms. The lowest BCUT2D eigenvalue weighted by Crippen LogP contribution is -2.55. The highest BCUT2D eigenvalue weighted by atomic mass is 16.6. The van der Waals surface area contributed by atoms with Gasteiger partial charge < -0.3 is 14.4 Å². The van der Waals surface area contributed by atoms with E-state index in [0.29, 0.717) is 18.9 Å². The lowest BCUT2D eigenvalue weighted by molar-refractivity contribution is -0.384. The van der Waals surface area contributed by atoms with Gasteiger partial charge in [0, 0.05) is 12.6 Å². The van der Waals surface area contributed by atoms with Crippen LogP contribution in [0.25, 0.3) is 0 Å². The summed E-state index contributed by atoms with van der Waals surface area (Å²) in [5.74, 6) is 0.422. The number of hydrogen-bond acceptors (Lipinski definition) is 5. The van der Waals surface area contributed by atoms with Gasteiger partial charge >= 0.3 is 6.09 Å². The minimum absolute atomic E-state index is 0.0184. The van der Waals surface area contributed by atoms with Crippen LogP contribution in [0.2, 0.25) is 0 Å². The van der Waals surface area contributed by atoms with Gasteiger partial charge in [0.2, 0.25) is 0 Å². The van der Waals surface area contributed by atoms with E-state index in [-0.39, 0.29) is 17.8 Å². The number of carbonyl (C=O) groups excluding carboxylic acids is 1. The summed E-state index contributed by atoms with van der Waals surface area (Å²) in [6.07, 6.45) is 0.472. The third-order valence-electron chi connectivity index (χ3n) is 3.24. The number of likely N-dealkylation sites (tertiary alicyclic amines) is 1. The van der Waals surface area contributed by atoms with Gasteiger partial charge in [0.15, 0.2) is 0 Å². The van der Waals surface area contributed by atoms with Gasteiger partial charge in [0.25, 0.3) is 5.69 Å². The number of nitrogens with zero attached hydrogens (tertiary/aromatic N) is 2. The predicted molar refractivity (Wildman–Crippen MR) is 79.9 cm³/mol. The fourth-order valence-electron chi connectivity index (χ4n) is 2.05. The number of rotatable bonds is 4. The number of non-ortho nitro benzene ring substituents is 1. The molecule has 0 N–H and O–H groups in total. The van der Waals surface area contributed by atoms with Crippen LogP contribution < -0.4 is 4.74 Å². The highest BCUT2D eigenvalue weighted by molar-refractivity contribution is 5.69. The van der Waals surface area contributed by atoms with Gasteiger partial charge in [-0.3, -0.25) is 10.1 Å². The van der Waals surface area contributed by atoms with Crippen molar-refractivity contribution >= 4 is 11.8 Å². The van der Waals surface area contributed by atoms with E-state index >= 15 is 0 Å². The third-order valence-corrected chi connectivity index (χ3v) is 3.24. The summed E-state index contributed by atoms with van der Waals surface area (Å²) in [6.45, 7) is 6.39. The van der Waals surface area contributed by atoms with E-state index in [1.165, 1.54) is 12.1 Å². The quantitative estimate of drug-likeness (QED) is 0.631. The molecule has 1 amide bonds. The largest absolute Gasteiger partial charge is 0.491 e. The molecule has 1 unspecified atom stereocenters. The van der Waals surface area contributed by atoms with E-state index in [1.807, 2.05) is 20.8 Å². The molecule has 0 bridgehead atoms. The van der Waals surface area contributed by atoms with Crippen LogP contribution in [0.3, 0.4) is 0 Å². The van der Waals surface area contributed by atoms with Crippen molar-refractivity contribution in [2.45, 2.75) is 38.8 Å². The van der Waals surface area contributed by atoms with E-state index in [0.717, 1.165) is 6.42 Å². The Morgan fingerprint density at radius 3 is 2.73 bits per heavy atom. The molecule has 0 radical (unpaired) electrons. The molecular weight excluding hydrogens is 288 g/mol. The van der Waals surface area contributed by atoms with Crippen LogP contribution in [0.5, 0.6) is 5.75 Å². The fraction of sp³-hybridized carbons (Fsp3) is 0.533. The van der Waals surface area contributed by atoms with Crippen molar-refractivity contribution in [1.82, 2.24) is 4.90 Å². The summed E-state index contributed by atoms with van der Waals surface area (Å²) in [7, 11) is 0. The molecule has 1 heterocycles. The number of amides is 1. The van der Waals surface area contributed by atoms with Gasteiger partial charge in [-0.1, -0.05) is 6.07 Å². The van der Waals surface area contributed by atoms with Crippen LogP contribution in [0, 0.1) is 10.1 Å². The molecule has 1 aliphatic rings. The van der Waals surface area contributed by atoms with Crippen molar-refractivity contribution in [3.63, 3.8) is 0 Å². The van der Waals surface area contributed by atoms with Gasteiger partial charge in [0.1, 0.15) is 18.0 Å². The molecule has 1 atom stereocenters. The number of carbonyl (C=O) groups is 1. The van der Waals surface area contributed by atoms with Crippen LogP contribution in [0.15, 0.2) is 24.3 Å². The normalized spacial score (nSPS) is 17.6. The third kappa shape index (κ3) is 4.09. The molecule has 1 aromatic rings. The molecule has 120 valence electrons. The Kier molecular flexibility index (Phi) is 4.54. The standard InChI is InChI=1S/C15H20N2O5/c1-15(2,3)22-14(18)16-8-7-12(16)10-21-13-6-4-5-11(9-13)17(19)20/h4-6,9,12H,7-8,10H2,1-3H3. The summed E-state index contributed by atoms with van der Waals surface area (Å²) in [5.41, 5.74) is -0.548. The zero-order valence-electron chi connectivity index (χ0n) is 12.9. The van der Waals surface area contributed by atoms with E-state index in [4.69, 9.17) is 9.47 Å². The fourth-order valence-corrected chi connectivity index (χ4v) is 2.05. The van der Waals surface area contributed by atoms with E-state index < -0.39 is 10.5 Å². The molecular formula is C15H20N2O5. The Bertz CT molecular complexity index is 567. The summed E-state index contributed by atoms with van der Waals surface area (Å²) < 4.78 is 10.9. The summed E-state index contributed by atoms with van der Waals surface area (Å²) in [6, 6.07) is 5.94. The maximum atomic E-state index is 12.0. The molecule has 1 fully saturated rings. The summed E-state index contributed by atoms with van der Waals surface area (Å²) >= 11 is 0. The molecule has 0 aromatic heterocycles. The van der Waals surface area contributed by atoms with Crippen LogP contribution in [0.1, 0.15) is 27.2 Å². The van der Waals surface area contributed by atoms with E-state index in [1.54, 1.807) is 17.0 Å². The Hall–Kier alpha value is -2.31. The van der Waals surface area contributed by atoms with Crippen molar-refractivity contribution < 1.29 is 19.2 Å². The maximum absolute atomic E-state index is 12.0. The Labute approximate surface area is 129 Å². The number of hydrogen-bond donors (Lipinski definition) is 0. The molecule has 0 saturated carbocycles. The highest BCUT2D eigenvalue weighted by Crippen LogP contribution is 2.24. The topological polar surface area (TPSA) is 81.9 Å². The monoisotopic (exact) mass is 308 g/mol. The molecule has 22 heavy (non-hydrogen) atoms. The smallest absolute Gasteiger partial charge is 0.410 e. The van der Waals surface area contributed by atoms with Crippen molar-refractivity contribution in [2.24, 2.45) is 0 Å². The summed E-state index contributed by atoms with van der Waals surface area (Å²) in [4.78, 5) is 23.8. The van der Waals surface area contributed by atoms with Crippen LogP contribution >= 0.6 is 0 Å². The number of benzene rings is 1. The molecule has 1 aliphatic heterocycles. The van der Waals surface area contributed by atoms with Gasteiger partial charge in [0.05, 0.1) is 17.0 Å². The second-order valence-corrected chi connectivity index (χ2v) is 6.18. The molecule has 7 nitrogen and oxygen atoms in total. The van der Waals surface area contributed by atoms with Crippen molar-refractivity contribution in [2.75, 3.05) is 13.2 Å². The minimum Gasteiger partial charge on any atom is -0.491 e. The van der Waals surface area contributed by atoms with E-state index in [2.05, 4.69) is 0 Å².